The van der Waals surface area contributed by atoms with Crippen molar-refractivity contribution < 1.29 is 31.5 Å². The number of carbonyl (C=O) groups is 1. The highest BCUT2D eigenvalue weighted by Gasteiger charge is 2.14. The zero-order chi connectivity index (χ0) is 20.6. The van der Waals surface area contributed by atoms with Crippen molar-refractivity contribution >= 4 is 15.9 Å². The maximum atomic E-state index is 12.2. The van der Waals surface area contributed by atoms with Gasteiger partial charge in [-0.25, -0.2) is 13.1 Å². The summed E-state index contributed by atoms with van der Waals surface area (Å²) in [6.45, 7) is -2.34. The Hall–Kier alpha value is -2.56. The van der Waals surface area contributed by atoms with Crippen molar-refractivity contribution in [1.82, 2.24) is 10.0 Å². The SMILES string of the molecule is COCCNS(=O)(=O)c1ccc(C(=O)NCc2ccc(OC(F)F)cc2)cc1. The number of sulfonamides is 1. The first-order valence-electron chi connectivity index (χ1n) is 8.22. The fourth-order valence-corrected chi connectivity index (χ4v) is 3.23. The molecular formula is C18H20F2N2O5S. The number of rotatable bonds is 10. The Morgan fingerprint density at radius 3 is 2.29 bits per heavy atom. The molecule has 0 fully saturated rings. The summed E-state index contributed by atoms with van der Waals surface area (Å²) in [5.41, 5.74) is 0.977. The second kappa shape index (κ2) is 10.1. The van der Waals surface area contributed by atoms with Gasteiger partial charge in [-0.1, -0.05) is 12.1 Å². The van der Waals surface area contributed by atoms with Crippen molar-refractivity contribution in [3.8, 4) is 5.75 Å². The van der Waals surface area contributed by atoms with Crippen LogP contribution in [0.4, 0.5) is 8.78 Å². The second-order valence-corrected chi connectivity index (χ2v) is 7.39. The molecule has 1 amide bonds. The van der Waals surface area contributed by atoms with Crippen LogP contribution in [-0.4, -0.2) is 41.2 Å². The first-order chi connectivity index (χ1) is 13.3. The van der Waals surface area contributed by atoms with Crippen LogP contribution in [0.5, 0.6) is 5.75 Å². The van der Waals surface area contributed by atoms with Gasteiger partial charge < -0.3 is 14.8 Å². The number of hydrogen-bond acceptors (Lipinski definition) is 5. The van der Waals surface area contributed by atoms with Gasteiger partial charge in [0.15, 0.2) is 0 Å². The van der Waals surface area contributed by atoms with E-state index in [1.807, 2.05) is 0 Å². The lowest BCUT2D eigenvalue weighted by atomic mass is 10.2. The van der Waals surface area contributed by atoms with E-state index in [2.05, 4.69) is 14.8 Å². The van der Waals surface area contributed by atoms with Crippen molar-refractivity contribution in [1.29, 1.82) is 0 Å². The Kier molecular flexibility index (Phi) is 7.85. The quantitative estimate of drug-likeness (QED) is 0.581. The van der Waals surface area contributed by atoms with Gasteiger partial charge in [0.1, 0.15) is 5.75 Å². The standard InChI is InChI=1S/C18H20F2N2O5S/c1-26-11-10-22-28(24,25)16-8-4-14(5-9-16)17(23)21-12-13-2-6-15(7-3-13)27-18(19)20/h2-9,18,22H,10-12H2,1H3,(H,21,23). The summed E-state index contributed by atoms with van der Waals surface area (Å²) >= 11 is 0. The van der Waals surface area contributed by atoms with Crippen LogP contribution >= 0.6 is 0 Å². The van der Waals surface area contributed by atoms with Gasteiger partial charge in [-0.15, -0.1) is 0 Å². The van der Waals surface area contributed by atoms with E-state index in [0.717, 1.165) is 0 Å². The zero-order valence-electron chi connectivity index (χ0n) is 15.0. The molecule has 0 atom stereocenters. The fraction of sp³-hybridized carbons (Fsp3) is 0.278. The van der Waals surface area contributed by atoms with E-state index in [1.54, 1.807) is 12.1 Å². The van der Waals surface area contributed by atoms with Gasteiger partial charge in [0.2, 0.25) is 10.0 Å². The summed E-state index contributed by atoms with van der Waals surface area (Å²) in [5.74, 6) is -0.370. The number of benzene rings is 2. The molecule has 28 heavy (non-hydrogen) atoms. The maximum Gasteiger partial charge on any atom is 0.387 e. The molecule has 0 heterocycles. The largest absolute Gasteiger partial charge is 0.435 e. The van der Waals surface area contributed by atoms with Gasteiger partial charge in [0.25, 0.3) is 5.91 Å². The molecule has 2 aromatic carbocycles. The molecule has 0 aromatic heterocycles. The highest BCUT2D eigenvalue weighted by molar-refractivity contribution is 7.89. The molecule has 152 valence electrons. The van der Waals surface area contributed by atoms with Crippen molar-refractivity contribution in [2.24, 2.45) is 0 Å². The van der Waals surface area contributed by atoms with Crippen LogP contribution in [0.1, 0.15) is 15.9 Å². The molecule has 0 bridgehead atoms. The third-order valence-corrected chi connectivity index (χ3v) is 5.10. The second-order valence-electron chi connectivity index (χ2n) is 5.62. The summed E-state index contributed by atoms with van der Waals surface area (Å²) < 4.78 is 59.8. The number of halogens is 2. The molecule has 7 nitrogen and oxygen atoms in total. The van der Waals surface area contributed by atoms with Crippen molar-refractivity contribution in [3.63, 3.8) is 0 Å². The van der Waals surface area contributed by atoms with Crippen LogP contribution in [-0.2, 0) is 21.3 Å². The molecule has 2 N–H and O–H groups in total. The molecule has 0 aliphatic carbocycles. The summed E-state index contributed by atoms with van der Waals surface area (Å²) in [5, 5.41) is 2.67. The average molecular weight is 414 g/mol. The van der Waals surface area contributed by atoms with E-state index in [-0.39, 0.29) is 35.9 Å². The van der Waals surface area contributed by atoms with Gasteiger partial charge in [0, 0.05) is 25.8 Å². The van der Waals surface area contributed by atoms with Crippen molar-refractivity contribution in [2.75, 3.05) is 20.3 Å². The summed E-state index contributed by atoms with van der Waals surface area (Å²) in [4.78, 5) is 12.2. The van der Waals surface area contributed by atoms with Gasteiger partial charge in [-0.2, -0.15) is 8.78 Å². The highest BCUT2D eigenvalue weighted by atomic mass is 32.2. The number of methoxy groups -OCH3 is 1. The molecule has 0 aliphatic rings. The third kappa shape index (κ3) is 6.55. The van der Waals surface area contributed by atoms with Crippen molar-refractivity contribution in [2.45, 2.75) is 18.1 Å². The first-order valence-corrected chi connectivity index (χ1v) is 9.71. The third-order valence-electron chi connectivity index (χ3n) is 3.63. The molecule has 2 rings (SSSR count). The van der Waals surface area contributed by atoms with E-state index >= 15 is 0 Å². The molecule has 0 spiro atoms. The molecule has 10 heteroatoms. The Labute approximate surface area is 161 Å². The molecule has 0 radical (unpaired) electrons. The maximum absolute atomic E-state index is 12.2. The van der Waals surface area contributed by atoms with Crippen LogP contribution in [0.25, 0.3) is 0 Å². The van der Waals surface area contributed by atoms with Crippen LogP contribution in [0.3, 0.4) is 0 Å². The Balaban J connectivity index is 1.92. The Morgan fingerprint density at radius 2 is 1.71 bits per heavy atom. The van der Waals surface area contributed by atoms with E-state index in [0.29, 0.717) is 5.56 Å². The monoisotopic (exact) mass is 414 g/mol. The predicted molar refractivity (Wildman–Crippen MR) is 97.8 cm³/mol. The molecule has 0 aliphatic heterocycles. The number of ether oxygens (including phenoxy) is 2. The van der Waals surface area contributed by atoms with E-state index in [9.17, 15) is 22.0 Å². The highest BCUT2D eigenvalue weighted by Crippen LogP contribution is 2.15. The van der Waals surface area contributed by atoms with Gasteiger partial charge in [-0.3, -0.25) is 4.79 Å². The lowest BCUT2D eigenvalue weighted by Gasteiger charge is -2.09. The average Bonchev–Trinajstić information content (AvgIpc) is 2.67. The van der Waals surface area contributed by atoms with Crippen LogP contribution < -0.4 is 14.8 Å². The number of alkyl halides is 2. The van der Waals surface area contributed by atoms with Gasteiger partial charge >= 0.3 is 6.61 Å². The Morgan fingerprint density at radius 1 is 1.07 bits per heavy atom. The lowest BCUT2D eigenvalue weighted by Crippen LogP contribution is -2.27. The number of hydrogen-bond donors (Lipinski definition) is 2. The summed E-state index contributed by atoms with van der Waals surface area (Å²) in [6, 6.07) is 11.3. The van der Waals surface area contributed by atoms with E-state index in [4.69, 9.17) is 4.74 Å². The first kappa shape index (κ1) is 21.7. The minimum Gasteiger partial charge on any atom is -0.435 e. The summed E-state index contributed by atoms with van der Waals surface area (Å²) in [6.07, 6.45) is 0. The number of carbonyl (C=O) groups excluding carboxylic acids is 1. The topological polar surface area (TPSA) is 93.7 Å². The smallest absolute Gasteiger partial charge is 0.387 e. The normalized spacial score (nSPS) is 11.4. The molecule has 2 aromatic rings. The fourth-order valence-electron chi connectivity index (χ4n) is 2.22. The minimum atomic E-state index is -3.67. The zero-order valence-corrected chi connectivity index (χ0v) is 15.8. The number of amides is 1. The molecule has 0 saturated heterocycles. The molecule has 0 unspecified atom stereocenters. The van der Waals surface area contributed by atoms with Crippen LogP contribution in [0.2, 0.25) is 0 Å². The van der Waals surface area contributed by atoms with E-state index in [1.165, 1.54) is 43.5 Å². The van der Waals surface area contributed by atoms with Gasteiger partial charge in [0.05, 0.1) is 11.5 Å². The summed E-state index contributed by atoms with van der Waals surface area (Å²) in [7, 11) is -2.20. The predicted octanol–water partition coefficient (Wildman–Crippen LogP) is 2.14. The van der Waals surface area contributed by atoms with Gasteiger partial charge in [-0.05, 0) is 42.0 Å². The minimum absolute atomic E-state index is 0.0287. The van der Waals surface area contributed by atoms with Crippen LogP contribution in [0, 0.1) is 0 Å². The van der Waals surface area contributed by atoms with Crippen LogP contribution in [0.15, 0.2) is 53.4 Å². The van der Waals surface area contributed by atoms with E-state index < -0.39 is 22.5 Å². The number of nitrogens with one attached hydrogen (secondary N) is 2. The molecular weight excluding hydrogens is 394 g/mol. The Bertz CT molecular complexity index is 872. The lowest BCUT2D eigenvalue weighted by molar-refractivity contribution is -0.0498. The van der Waals surface area contributed by atoms with Crippen molar-refractivity contribution in [3.05, 3.63) is 59.7 Å². The molecule has 0 saturated carbocycles.